The average Bonchev–Trinajstić information content (AvgIpc) is 2.72. The van der Waals surface area contributed by atoms with Gasteiger partial charge in [-0.3, -0.25) is 9.78 Å². The van der Waals surface area contributed by atoms with E-state index in [9.17, 15) is 13.2 Å². The van der Waals surface area contributed by atoms with Crippen LogP contribution in [0.15, 0.2) is 12.4 Å². The number of aromatic nitrogens is 2. The van der Waals surface area contributed by atoms with Gasteiger partial charge >= 0.3 is 0 Å². The molecule has 23 heavy (non-hydrogen) atoms. The lowest BCUT2D eigenvalue weighted by molar-refractivity contribution is 0.0821. The average molecular weight is 342 g/mol. The van der Waals surface area contributed by atoms with Crippen molar-refractivity contribution >= 4 is 15.9 Å². The minimum Gasteiger partial charge on any atom is -0.380 e. The number of hydrogen-bond acceptors (Lipinski definition) is 6. The highest BCUT2D eigenvalue weighted by atomic mass is 32.2. The van der Waals surface area contributed by atoms with Crippen molar-refractivity contribution in [1.82, 2.24) is 19.2 Å². The van der Waals surface area contributed by atoms with Gasteiger partial charge in [-0.1, -0.05) is 0 Å². The minimum absolute atomic E-state index is 0.0110. The van der Waals surface area contributed by atoms with Gasteiger partial charge in [0, 0.05) is 39.3 Å². The third-order valence-electron chi connectivity index (χ3n) is 3.60. The Kier molecular flexibility index (Phi) is 5.66. The summed E-state index contributed by atoms with van der Waals surface area (Å²) >= 11 is 0. The second-order valence-corrected chi connectivity index (χ2v) is 7.84. The molecule has 1 aliphatic heterocycles. The number of ether oxygens (including phenoxy) is 1. The molecule has 128 valence electrons. The third-order valence-corrected chi connectivity index (χ3v) is 4.87. The molecule has 0 bridgehead atoms. The van der Waals surface area contributed by atoms with E-state index in [1.165, 1.54) is 21.7 Å². The van der Waals surface area contributed by atoms with Crippen LogP contribution in [0.2, 0.25) is 0 Å². The van der Waals surface area contributed by atoms with E-state index < -0.39 is 10.0 Å². The number of rotatable bonds is 4. The van der Waals surface area contributed by atoms with E-state index in [0.29, 0.717) is 38.4 Å². The van der Waals surface area contributed by atoms with Crippen molar-refractivity contribution in [3.05, 3.63) is 23.8 Å². The molecule has 0 aromatic carbocycles. The highest BCUT2D eigenvalue weighted by Crippen LogP contribution is 2.14. The van der Waals surface area contributed by atoms with Crippen LogP contribution >= 0.6 is 0 Å². The summed E-state index contributed by atoms with van der Waals surface area (Å²) in [4.78, 5) is 21.6. The molecule has 8 nitrogen and oxygen atoms in total. The van der Waals surface area contributed by atoms with Crippen LogP contribution in [0.3, 0.4) is 0 Å². The van der Waals surface area contributed by atoms with E-state index in [1.807, 2.05) is 0 Å². The first-order valence-electron chi connectivity index (χ1n) is 7.33. The second-order valence-electron chi connectivity index (χ2n) is 5.86. The fourth-order valence-electron chi connectivity index (χ4n) is 2.37. The van der Waals surface area contributed by atoms with Gasteiger partial charge in [-0.05, 0) is 6.42 Å². The molecular weight excluding hydrogens is 320 g/mol. The summed E-state index contributed by atoms with van der Waals surface area (Å²) in [5.41, 5.74) is 0.998. The first-order chi connectivity index (χ1) is 10.8. The summed E-state index contributed by atoms with van der Waals surface area (Å²) in [6.45, 7) is 1.65. The molecule has 1 saturated heterocycles. The molecule has 1 aromatic heterocycles. The van der Waals surface area contributed by atoms with Crippen molar-refractivity contribution in [2.24, 2.45) is 5.92 Å². The van der Waals surface area contributed by atoms with Gasteiger partial charge in [-0.15, -0.1) is 0 Å². The van der Waals surface area contributed by atoms with Crippen molar-refractivity contribution in [2.45, 2.75) is 6.42 Å². The largest absolute Gasteiger partial charge is 0.380 e. The summed E-state index contributed by atoms with van der Waals surface area (Å²) in [5, 5.41) is 0. The van der Waals surface area contributed by atoms with Crippen LogP contribution < -0.4 is 0 Å². The molecule has 1 aromatic rings. The Labute approximate surface area is 136 Å². The number of sulfonamides is 1. The first-order valence-corrected chi connectivity index (χ1v) is 9.17. The molecule has 0 N–H and O–H groups in total. The monoisotopic (exact) mass is 342 g/mol. The van der Waals surface area contributed by atoms with E-state index in [-0.39, 0.29) is 17.5 Å². The van der Waals surface area contributed by atoms with Gasteiger partial charge in [0.05, 0.1) is 31.4 Å². The molecule has 1 aliphatic rings. The summed E-state index contributed by atoms with van der Waals surface area (Å²) in [6, 6.07) is 0. The fourth-order valence-corrected chi connectivity index (χ4v) is 3.26. The van der Waals surface area contributed by atoms with Gasteiger partial charge in [0.15, 0.2) is 0 Å². The predicted octanol–water partition coefficient (Wildman–Crippen LogP) is -0.371. The van der Waals surface area contributed by atoms with Crippen LogP contribution in [0.5, 0.6) is 0 Å². The summed E-state index contributed by atoms with van der Waals surface area (Å²) in [6.07, 6.45) is 4.77. The number of carbonyl (C=O) groups is 1. The van der Waals surface area contributed by atoms with Crippen LogP contribution in [0, 0.1) is 5.92 Å². The Morgan fingerprint density at radius 1 is 1.39 bits per heavy atom. The number of nitrogens with zero attached hydrogens (tertiary/aromatic N) is 4. The Morgan fingerprint density at radius 2 is 2.13 bits per heavy atom. The quantitative estimate of drug-likeness (QED) is 0.741. The van der Waals surface area contributed by atoms with Gasteiger partial charge in [-0.25, -0.2) is 13.4 Å². The van der Waals surface area contributed by atoms with Crippen LogP contribution in [-0.4, -0.2) is 80.2 Å². The van der Waals surface area contributed by atoms with Crippen LogP contribution in [0.25, 0.3) is 0 Å². The zero-order valence-corrected chi connectivity index (χ0v) is 14.4. The molecule has 0 unspecified atom stereocenters. The second kappa shape index (κ2) is 7.33. The van der Waals surface area contributed by atoms with Crippen molar-refractivity contribution in [3.8, 4) is 0 Å². The third kappa shape index (κ3) is 4.95. The SMILES string of the molecule is CN(C)C(=O)c1cnc(C[C@@H]2COCCN(S(C)(=O)=O)C2)cn1. The zero-order valence-electron chi connectivity index (χ0n) is 13.6. The highest BCUT2D eigenvalue weighted by Gasteiger charge is 2.25. The Bertz CT molecular complexity index is 645. The molecule has 0 spiro atoms. The van der Waals surface area contributed by atoms with E-state index in [2.05, 4.69) is 9.97 Å². The van der Waals surface area contributed by atoms with Gasteiger partial charge in [0.2, 0.25) is 10.0 Å². The highest BCUT2D eigenvalue weighted by molar-refractivity contribution is 7.88. The normalized spacial score (nSPS) is 20.0. The molecule has 1 fully saturated rings. The van der Waals surface area contributed by atoms with Gasteiger partial charge in [-0.2, -0.15) is 4.31 Å². The molecule has 0 aliphatic carbocycles. The predicted molar refractivity (Wildman–Crippen MR) is 84.5 cm³/mol. The van der Waals surface area contributed by atoms with Gasteiger partial charge in [0.25, 0.3) is 5.91 Å². The van der Waals surface area contributed by atoms with Crippen LogP contribution in [0.4, 0.5) is 0 Å². The summed E-state index contributed by atoms with van der Waals surface area (Å²) in [5.74, 6) is -0.193. The van der Waals surface area contributed by atoms with E-state index in [0.717, 1.165) is 0 Å². The minimum atomic E-state index is -3.23. The fraction of sp³-hybridized carbons (Fsp3) is 0.643. The standard InChI is InChI=1S/C14H22N4O4S/c1-17(2)14(19)13-8-15-12(7-16-13)6-11-9-18(23(3,20)21)4-5-22-10-11/h7-8,11H,4-6,9-10H2,1-3H3/t11-/m0/s1. The molecule has 2 rings (SSSR count). The molecule has 2 heterocycles. The first kappa shape index (κ1) is 17.8. The molecule has 1 amide bonds. The Hall–Kier alpha value is -1.58. The Balaban J connectivity index is 2.04. The zero-order chi connectivity index (χ0) is 17.0. The smallest absolute Gasteiger partial charge is 0.273 e. The van der Waals surface area contributed by atoms with Crippen molar-refractivity contribution in [1.29, 1.82) is 0 Å². The molecule has 9 heteroatoms. The number of carbonyl (C=O) groups excluding carboxylic acids is 1. The van der Waals surface area contributed by atoms with Crippen molar-refractivity contribution in [3.63, 3.8) is 0 Å². The lowest BCUT2D eigenvalue weighted by Gasteiger charge is -2.20. The van der Waals surface area contributed by atoms with Crippen molar-refractivity contribution < 1.29 is 17.9 Å². The topological polar surface area (TPSA) is 92.7 Å². The lowest BCUT2D eigenvalue weighted by atomic mass is 10.0. The molecular formula is C14H22N4O4S. The maximum atomic E-state index is 11.8. The van der Waals surface area contributed by atoms with Crippen LogP contribution in [-0.2, 0) is 21.2 Å². The van der Waals surface area contributed by atoms with Crippen LogP contribution in [0.1, 0.15) is 16.2 Å². The molecule has 0 saturated carbocycles. The van der Waals surface area contributed by atoms with E-state index in [4.69, 9.17) is 4.74 Å². The Morgan fingerprint density at radius 3 is 2.70 bits per heavy atom. The number of hydrogen-bond donors (Lipinski definition) is 0. The van der Waals surface area contributed by atoms with E-state index in [1.54, 1.807) is 20.3 Å². The summed E-state index contributed by atoms with van der Waals surface area (Å²) < 4.78 is 30.4. The maximum Gasteiger partial charge on any atom is 0.273 e. The van der Waals surface area contributed by atoms with Crippen molar-refractivity contribution in [2.75, 3.05) is 46.7 Å². The lowest BCUT2D eigenvalue weighted by Crippen LogP contribution is -2.35. The van der Waals surface area contributed by atoms with Gasteiger partial charge < -0.3 is 9.64 Å². The van der Waals surface area contributed by atoms with E-state index >= 15 is 0 Å². The number of amides is 1. The molecule has 1 atom stereocenters. The maximum absolute atomic E-state index is 11.8. The summed E-state index contributed by atoms with van der Waals surface area (Å²) in [7, 11) is 0.0719. The van der Waals surface area contributed by atoms with Gasteiger partial charge in [0.1, 0.15) is 5.69 Å². The molecule has 0 radical (unpaired) electrons.